The summed E-state index contributed by atoms with van der Waals surface area (Å²) in [5.74, 6) is 0.835. The molecule has 5 nitrogen and oxygen atoms in total. The molecule has 2 N–H and O–H groups in total. The fourth-order valence-corrected chi connectivity index (χ4v) is 3.82. The van der Waals surface area contributed by atoms with E-state index in [1.165, 1.54) is 5.56 Å². The Balaban J connectivity index is 1.54. The smallest absolute Gasteiger partial charge is 0.318 e. The van der Waals surface area contributed by atoms with Crippen LogP contribution >= 0.6 is 0 Å². The number of carbonyl (C=O) groups is 1. The molecule has 25 heavy (non-hydrogen) atoms. The van der Waals surface area contributed by atoms with Gasteiger partial charge in [0.2, 0.25) is 0 Å². The molecule has 2 amide bonds. The van der Waals surface area contributed by atoms with Gasteiger partial charge in [-0.2, -0.15) is 0 Å². The first-order chi connectivity index (χ1) is 12.3. The van der Waals surface area contributed by atoms with Crippen LogP contribution in [-0.4, -0.2) is 35.8 Å². The van der Waals surface area contributed by atoms with E-state index in [9.17, 15) is 9.90 Å². The Kier molecular flexibility index (Phi) is 4.32. The molecule has 5 heteroatoms. The molecule has 0 spiro atoms. The highest BCUT2D eigenvalue weighted by molar-refractivity contribution is 5.76. The number of nitrogens with zero attached hydrogens (tertiary/aromatic N) is 1. The van der Waals surface area contributed by atoms with Gasteiger partial charge in [0, 0.05) is 18.5 Å². The van der Waals surface area contributed by atoms with E-state index in [1.807, 2.05) is 42.5 Å². The topological polar surface area (TPSA) is 61.8 Å². The van der Waals surface area contributed by atoms with Gasteiger partial charge >= 0.3 is 6.03 Å². The largest absolute Gasteiger partial charge is 0.493 e. The van der Waals surface area contributed by atoms with E-state index < -0.39 is 0 Å². The number of para-hydroxylation sites is 1. The first kappa shape index (κ1) is 16.0. The maximum atomic E-state index is 12.9. The van der Waals surface area contributed by atoms with Crippen LogP contribution in [0.1, 0.15) is 35.2 Å². The molecule has 0 aliphatic carbocycles. The van der Waals surface area contributed by atoms with E-state index >= 15 is 0 Å². The number of urea groups is 1. The maximum Gasteiger partial charge on any atom is 0.318 e. The minimum Gasteiger partial charge on any atom is -0.493 e. The normalized spacial score (nSPS) is 21.7. The SMILES string of the molecule is O=C(NC1CCOc2ccccc21)N1CCc2ccccc2C1CO. The van der Waals surface area contributed by atoms with Gasteiger partial charge < -0.3 is 20.1 Å². The third kappa shape index (κ3) is 2.96. The molecule has 0 fully saturated rings. The van der Waals surface area contributed by atoms with Crippen molar-refractivity contribution in [1.82, 2.24) is 10.2 Å². The molecule has 2 aromatic carbocycles. The van der Waals surface area contributed by atoms with Crippen molar-refractivity contribution < 1.29 is 14.6 Å². The number of benzene rings is 2. The lowest BCUT2D eigenvalue weighted by atomic mass is 9.93. The number of amides is 2. The Morgan fingerprint density at radius 3 is 2.76 bits per heavy atom. The van der Waals surface area contributed by atoms with Gasteiger partial charge in [-0.3, -0.25) is 0 Å². The lowest BCUT2D eigenvalue weighted by Gasteiger charge is -2.38. The van der Waals surface area contributed by atoms with Crippen molar-refractivity contribution in [1.29, 1.82) is 0 Å². The molecule has 0 radical (unpaired) electrons. The van der Waals surface area contributed by atoms with Crippen molar-refractivity contribution in [3.63, 3.8) is 0 Å². The van der Waals surface area contributed by atoms with Crippen molar-refractivity contribution in [3.8, 4) is 5.75 Å². The molecule has 4 rings (SSSR count). The zero-order valence-electron chi connectivity index (χ0n) is 14.0. The van der Waals surface area contributed by atoms with Crippen molar-refractivity contribution in [2.45, 2.75) is 24.9 Å². The van der Waals surface area contributed by atoms with Crippen LogP contribution in [0.2, 0.25) is 0 Å². The summed E-state index contributed by atoms with van der Waals surface area (Å²) in [5, 5.41) is 13.0. The molecule has 0 aromatic heterocycles. The minimum absolute atomic E-state index is 0.0611. The Hall–Kier alpha value is -2.53. The van der Waals surface area contributed by atoms with E-state index in [2.05, 4.69) is 11.4 Å². The van der Waals surface area contributed by atoms with Crippen LogP contribution < -0.4 is 10.1 Å². The molecule has 0 saturated heterocycles. The summed E-state index contributed by atoms with van der Waals surface area (Å²) < 4.78 is 5.66. The van der Waals surface area contributed by atoms with Crippen molar-refractivity contribution >= 4 is 6.03 Å². The number of aliphatic hydroxyl groups excluding tert-OH is 1. The van der Waals surface area contributed by atoms with Gasteiger partial charge in [0.15, 0.2) is 0 Å². The number of fused-ring (bicyclic) bond motifs is 2. The number of rotatable bonds is 2. The molecule has 2 unspecified atom stereocenters. The number of nitrogens with one attached hydrogen (secondary N) is 1. The Morgan fingerprint density at radius 2 is 1.92 bits per heavy atom. The minimum atomic E-state index is -0.292. The summed E-state index contributed by atoms with van der Waals surface area (Å²) in [6.45, 7) is 1.13. The summed E-state index contributed by atoms with van der Waals surface area (Å²) in [5.41, 5.74) is 3.26. The van der Waals surface area contributed by atoms with E-state index in [0.717, 1.165) is 29.7 Å². The Bertz CT molecular complexity index is 777. The van der Waals surface area contributed by atoms with Gasteiger partial charge in [0.25, 0.3) is 0 Å². The molecule has 130 valence electrons. The van der Waals surface area contributed by atoms with Crippen LogP contribution in [0.5, 0.6) is 5.75 Å². The van der Waals surface area contributed by atoms with E-state index in [0.29, 0.717) is 13.2 Å². The Labute approximate surface area is 147 Å². The quantitative estimate of drug-likeness (QED) is 0.885. The van der Waals surface area contributed by atoms with E-state index in [-0.39, 0.29) is 24.7 Å². The number of hydrogen-bond donors (Lipinski definition) is 2. The zero-order valence-corrected chi connectivity index (χ0v) is 14.0. The molecule has 2 aliphatic rings. The van der Waals surface area contributed by atoms with Crippen LogP contribution in [0.4, 0.5) is 4.79 Å². The number of ether oxygens (including phenoxy) is 1. The van der Waals surface area contributed by atoms with E-state index in [4.69, 9.17) is 4.74 Å². The van der Waals surface area contributed by atoms with E-state index in [1.54, 1.807) is 4.90 Å². The van der Waals surface area contributed by atoms with Gasteiger partial charge in [0.05, 0.1) is 25.3 Å². The van der Waals surface area contributed by atoms with Gasteiger partial charge in [-0.1, -0.05) is 42.5 Å². The van der Waals surface area contributed by atoms with Gasteiger partial charge in [-0.15, -0.1) is 0 Å². The summed E-state index contributed by atoms with van der Waals surface area (Å²) in [7, 11) is 0. The maximum absolute atomic E-state index is 12.9. The third-order valence-electron chi connectivity index (χ3n) is 5.10. The average molecular weight is 338 g/mol. The van der Waals surface area contributed by atoms with Crippen molar-refractivity contribution in [2.75, 3.05) is 19.8 Å². The fourth-order valence-electron chi connectivity index (χ4n) is 3.82. The second kappa shape index (κ2) is 6.76. The predicted octanol–water partition coefficient (Wildman–Crippen LogP) is 2.81. The highest BCUT2D eigenvalue weighted by atomic mass is 16.5. The second-order valence-corrected chi connectivity index (χ2v) is 6.52. The lowest BCUT2D eigenvalue weighted by Crippen LogP contribution is -2.48. The number of carbonyl (C=O) groups excluding carboxylic acids is 1. The van der Waals surface area contributed by atoms with Gasteiger partial charge in [-0.25, -0.2) is 4.79 Å². The van der Waals surface area contributed by atoms with Crippen LogP contribution in [0.25, 0.3) is 0 Å². The van der Waals surface area contributed by atoms with Crippen molar-refractivity contribution in [2.24, 2.45) is 0 Å². The second-order valence-electron chi connectivity index (χ2n) is 6.52. The van der Waals surface area contributed by atoms with Gasteiger partial charge in [0.1, 0.15) is 5.75 Å². The highest BCUT2D eigenvalue weighted by Crippen LogP contribution is 2.33. The molecule has 2 aromatic rings. The lowest BCUT2D eigenvalue weighted by molar-refractivity contribution is 0.122. The number of aliphatic hydroxyl groups is 1. The molecule has 2 heterocycles. The summed E-state index contributed by atoms with van der Waals surface area (Å²) in [6.07, 6.45) is 1.56. The predicted molar refractivity (Wildman–Crippen MR) is 94.5 cm³/mol. The molecular weight excluding hydrogens is 316 g/mol. The summed E-state index contributed by atoms with van der Waals surface area (Å²) in [6, 6.07) is 15.4. The third-order valence-corrected chi connectivity index (χ3v) is 5.10. The van der Waals surface area contributed by atoms with Crippen LogP contribution in [-0.2, 0) is 6.42 Å². The Morgan fingerprint density at radius 1 is 1.16 bits per heavy atom. The highest BCUT2D eigenvalue weighted by Gasteiger charge is 2.32. The van der Waals surface area contributed by atoms with Gasteiger partial charge in [-0.05, 0) is 23.6 Å². The van der Waals surface area contributed by atoms with Crippen molar-refractivity contribution in [3.05, 3.63) is 65.2 Å². The van der Waals surface area contributed by atoms with Crippen LogP contribution in [0, 0.1) is 0 Å². The first-order valence-electron chi connectivity index (χ1n) is 8.75. The molecule has 2 atom stereocenters. The first-order valence-corrected chi connectivity index (χ1v) is 8.75. The molecule has 2 aliphatic heterocycles. The summed E-state index contributed by atoms with van der Waals surface area (Å²) >= 11 is 0. The van der Waals surface area contributed by atoms with Crippen LogP contribution in [0.15, 0.2) is 48.5 Å². The standard InChI is InChI=1S/C20H22N2O3/c23-13-18-15-6-2-1-5-14(15)9-11-22(18)20(24)21-17-10-12-25-19-8-4-3-7-16(17)19/h1-8,17-18,23H,9-13H2,(H,21,24). The molecular formula is C20H22N2O3. The number of hydrogen-bond acceptors (Lipinski definition) is 3. The summed E-state index contributed by atoms with van der Waals surface area (Å²) in [4.78, 5) is 14.7. The monoisotopic (exact) mass is 338 g/mol. The fraction of sp³-hybridized carbons (Fsp3) is 0.350. The zero-order chi connectivity index (χ0) is 17.2. The molecule has 0 bridgehead atoms. The average Bonchev–Trinajstić information content (AvgIpc) is 2.67. The molecule has 0 saturated carbocycles. The van der Waals surface area contributed by atoms with Crippen LogP contribution in [0.3, 0.4) is 0 Å².